The van der Waals surface area contributed by atoms with Crippen molar-refractivity contribution in [2.24, 2.45) is 11.8 Å². The number of nitrogens with one attached hydrogen (secondary N) is 2. The Hall–Kier alpha value is -1.26. The lowest BCUT2D eigenvalue weighted by Gasteiger charge is -2.30. The lowest BCUT2D eigenvalue weighted by Crippen LogP contribution is -2.52. The van der Waals surface area contributed by atoms with Gasteiger partial charge in [-0.05, 0) is 24.7 Å². The van der Waals surface area contributed by atoms with E-state index in [1.807, 2.05) is 13.8 Å². The van der Waals surface area contributed by atoms with Gasteiger partial charge in [-0.3, -0.25) is 0 Å². The average molecular weight is 270 g/mol. The standard InChI is InChI=1S/C14H26N2O3/c1-9(2)12(13(17)19-4)16-14(18)15-11-8-6-5-7-10(11)3/h9-12H,5-8H2,1-4H3,(H2,15,16,18)/t10-,11-,12+/m1/s1. The van der Waals surface area contributed by atoms with Gasteiger partial charge in [0, 0.05) is 6.04 Å². The molecule has 0 aromatic carbocycles. The second-order valence-electron chi connectivity index (χ2n) is 5.73. The first-order valence-electron chi connectivity index (χ1n) is 7.10. The zero-order valence-electron chi connectivity index (χ0n) is 12.4. The van der Waals surface area contributed by atoms with Gasteiger partial charge in [0.05, 0.1) is 7.11 Å². The van der Waals surface area contributed by atoms with E-state index in [9.17, 15) is 9.59 Å². The van der Waals surface area contributed by atoms with Crippen LogP contribution in [-0.2, 0) is 9.53 Å². The summed E-state index contributed by atoms with van der Waals surface area (Å²) in [5.41, 5.74) is 0. The molecule has 5 nitrogen and oxygen atoms in total. The number of ether oxygens (including phenoxy) is 1. The van der Waals surface area contributed by atoms with E-state index in [1.54, 1.807) is 0 Å². The number of carbonyl (C=O) groups is 2. The van der Waals surface area contributed by atoms with Gasteiger partial charge in [0.25, 0.3) is 0 Å². The quantitative estimate of drug-likeness (QED) is 0.768. The van der Waals surface area contributed by atoms with E-state index in [0.717, 1.165) is 19.3 Å². The van der Waals surface area contributed by atoms with Gasteiger partial charge in [0.1, 0.15) is 6.04 Å². The summed E-state index contributed by atoms with van der Waals surface area (Å²) < 4.78 is 4.70. The summed E-state index contributed by atoms with van der Waals surface area (Å²) in [7, 11) is 1.33. The maximum Gasteiger partial charge on any atom is 0.328 e. The molecule has 0 aromatic rings. The molecule has 2 amide bonds. The van der Waals surface area contributed by atoms with Crippen molar-refractivity contribution in [3.63, 3.8) is 0 Å². The minimum atomic E-state index is -0.594. The number of amides is 2. The fourth-order valence-corrected chi connectivity index (χ4v) is 2.51. The molecular formula is C14H26N2O3. The Morgan fingerprint density at radius 1 is 1.21 bits per heavy atom. The summed E-state index contributed by atoms with van der Waals surface area (Å²) >= 11 is 0. The fraction of sp³-hybridized carbons (Fsp3) is 0.857. The maximum atomic E-state index is 12.0. The summed E-state index contributed by atoms with van der Waals surface area (Å²) in [6.07, 6.45) is 4.55. The van der Waals surface area contributed by atoms with E-state index in [1.165, 1.54) is 13.5 Å². The molecule has 0 radical (unpaired) electrons. The molecule has 1 fully saturated rings. The van der Waals surface area contributed by atoms with Gasteiger partial charge in [-0.2, -0.15) is 0 Å². The second kappa shape index (κ2) is 7.36. The summed E-state index contributed by atoms with van der Waals surface area (Å²) in [5, 5.41) is 5.69. The van der Waals surface area contributed by atoms with Crippen LogP contribution in [0.4, 0.5) is 4.79 Å². The molecule has 1 saturated carbocycles. The van der Waals surface area contributed by atoms with Crippen LogP contribution >= 0.6 is 0 Å². The Bertz CT molecular complexity index is 318. The van der Waals surface area contributed by atoms with Gasteiger partial charge in [-0.25, -0.2) is 9.59 Å². The van der Waals surface area contributed by atoms with Gasteiger partial charge in [0.15, 0.2) is 0 Å². The van der Waals surface area contributed by atoms with E-state index >= 15 is 0 Å². The summed E-state index contributed by atoms with van der Waals surface area (Å²) in [4.78, 5) is 23.5. The van der Waals surface area contributed by atoms with Crippen molar-refractivity contribution in [3.05, 3.63) is 0 Å². The molecule has 1 rings (SSSR count). The number of methoxy groups -OCH3 is 1. The van der Waals surface area contributed by atoms with Crippen molar-refractivity contribution in [1.82, 2.24) is 10.6 Å². The summed E-state index contributed by atoms with van der Waals surface area (Å²) in [5.74, 6) is 0.0962. The predicted molar refractivity (Wildman–Crippen MR) is 73.7 cm³/mol. The number of urea groups is 1. The molecule has 2 N–H and O–H groups in total. The van der Waals surface area contributed by atoms with Crippen molar-refractivity contribution >= 4 is 12.0 Å². The third kappa shape index (κ3) is 4.73. The average Bonchev–Trinajstić information content (AvgIpc) is 2.37. The van der Waals surface area contributed by atoms with Crippen LogP contribution in [0.15, 0.2) is 0 Å². The number of esters is 1. The van der Waals surface area contributed by atoms with E-state index in [4.69, 9.17) is 4.74 Å². The largest absolute Gasteiger partial charge is 0.467 e. The molecule has 1 aliphatic carbocycles. The number of hydrogen-bond donors (Lipinski definition) is 2. The van der Waals surface area contributed by atoms with Gasteiger partial charge < -0.3 is 15.4 Å². The van der Waals surface area contributed by atoms with Gasteiger partial charge in [-0.1, -0.05) is 33.6 Å². The van der Waals surface area contributed by atoms with Crippen molar-refractivity contribution in [2.75, 3.05) is 7.11 Å². The lowest BCUT2D eigenvalue weighted by atomic mass is 9.86. The third-order valence-electron chi connectivity index (χ3n) is 3.84. The highest BCUT2D eigenvalue weighted by molar-refractivity contribution is 5.83. The molecule has 19 heavy (non-hydrogen) atoms. The predicted octanol–water partition coefficient (Wildman–Crippen LogP) is 2.06. The van der Waals surface area contributed by atoms with Crippen molar-refractivity contribution < 1.29 is 14.3 Å². The number of carbonyl (C=O) groups excluding carboxylic acids is 2. The fourth-order valence-electron chi connectivity index (χ4n) is 2.51. The number of hydrogen-bond acceptors (Lipinski definition) is 3. The molecule has 1 aliphatic rings. The van der Waals surface area contributed by atoms with Crippen LogP contribution in [0.5, 0.6) is 0 Å². The highest BCUT2D eigenvalue weighted by atomic mass is 16.5. The Balaban J connectivity index is 2.50. The topological polar surface area (TPSA) is 67.4 Å². The minimum Gasteiger partial charge on any atom is -0.467 e. The first-order valence-corrected chi connectivity index (χ1v) is 7.10. The van der Waals surface area contributed by atoms with Crippen molar-refractivity contribution in [2.45, 2.75) is 58.5 Å². The Morgan fingerprint density at radius 3 is 2.37 bits per heavy atom. The molecule has 0 aromatic heterocycles. The van der Waals surface area contributed by atoms with Crippen molar-refractivity contribution in [1.29, 1.82) is 0 Å². The van der Waals surface area contributed by atoms with Crippen LogP contribution in [0, 0.1) is 11.8 Å². The van der Waals surface area contributed by atoms with E-state index in [-0.39, 0.29) is 18.0 Å². The first kappa shape index (κ1) is 15.8. The third-order valence-corrected chi connectivity index (χ3v) is 3.84. The molecule has 0 saturated heterocycles. The van der Waals surface area contributed by atoms with Crippen LogP contribution in [0.1, 0.15) is 46.5 Å². The summed E-state index contributed by atoms with van der Waals surface area (Å²) in [6, 6.07) is -0.661. The minimum absolute atomic E-state index is 0.00183. The zero-order chi connectivity index (χ0) is 14.4. The van der Waals surface area contributed by atoms with Crippen LogP contribution in [-0.4, -0.2) is 31.2 Å². The maximum absolute atomic E-state index is 12.0. The smallest absolute Gasteiger partial charge is 0.328 e. The zero-order valence-corrected chi connectivity index (χ0v) is 12.4. The van der Waals surface area contributed by atoms with Gasteiger partial charge in [0.2, 0.25) is 0 Å². The highest BCUT2D eigenvalue weighted by Crippen LogP contribution is 2.23. The molecule has 0 aliphatic heterocycles. The molecule has 0 spiro atoms. The molecule has 3 atom stereocenters. The monoisotopic (exact) mass is 270 g/mol. The Morgan fingerprint density at radius 2 is 1.84 bits per heavy atom. The van der Waals surface area contributed by atoms with Crippen LogP contribution in [0.2, 0.25) is 0 Å². The first-order chi connectivity index (χ1) is 8.95. The SMILES string of the molecule is COC(=O)[C@@H](NC(=O)N[C@@H]1CCCC[C@H]1C)C(C)C. The molecule has 0 bridgehead atoms. The normalized spacial score (nSPS) is 24.7. The van der Waals surface area contributed by atoms with Crippen LogP contribution < -0.4 is 10.6 Å². The molecule has 110 valence electrons. The Labute approximate surface area is 115 Å². The van der Waals surface area contributed by atoms with E-state index in [2.05, 4.69) is 17.6 Å². The van der Waals surface area contributed by atoms with Crippen molar-refractivity contribution in [3.8, 4) is 0 Å². The lowest BCUT2D eigenvalue weighted by molar-refractivity contribution is -0.144. The Kier molecular flexibility index (Phi) is 6.12. The van der Waals surface area contributed by atoms with Gasteiger partial charge >= 0.3 is 12.0 Å². The molecular weight excluding hydrogens is 244 g/mol. The molecule has 5 heteroatoms. The van der Waals surface area contributed by atoms with Gasteiger partial charge in [-0.15, -0.1) is 0 Å². The van der Waals surface area contributed by atoms with E-state index < -0.39 is 12.0 Å². The van der Waals surface area contributed by atoms with Crippen LogP contribution in [0.3, 0.4) is 0 Å². The summed E-state index contributed by atoms with van der Waals surface area (Å²) in [6.45, 7) is 5.92. The van der Waals surface area contributed by atoms with E-state index in [0.29, 0.717) is 5.92 Å². The highest BCUT2D eigenvalue weighted by Gasteiger charge is 2.27. The molecule has 0 unspecified atom stereocenters. The second-order valence-corrected chi connectivity index (χ2v) is 5.73. The number of rotatable bonds is 4. The molecule has 0 heterocycles. The van der Waals surface area contributed by atoms with Crippen LogP contribution in [0.25, 0.3) is 0 Å².